The Hall–Kier alpha value is -4.13. The number of aryl methyl sites for hydroxylation is 3. The normalized spacial score (nSPS) is 17.7. The highest BCUT2D eigenvalue weighted by molar-refractivity contribution is 5.78. The maximum Gasteiger partial charge on any atom is 0.304 e. The van der Waals surface area contributed by atoms with Gasteiger partial charge in [0, 0.05) is 48.1 Å². The standard InChI is InChI=1S/C31H29FN2O4/c1-17-12-19(31-33-10-11-34(31)3)13-18(2)29(17)23-6-8-25(32)30-24(23)7-9-26(30)38-21-4-5-22-20(14-28(35)36)16-37-27(22)15-21/h4-6,8,10-13,15,20,26H,7,9,14,16H2,1-3H3,(H,35,36). The predicted molar refractivity (Wildman–Crippen MR) is 142 cm³/mol. The van der Waals surface area contributed by atoms with E-state index in [0.717, 1.165) is 51.2 Å². The lowest BCUT2D eigenvalue weighted by Crippen LogP contribution is -2.07. The highest BCUT2D eigenvalue weighted by Crippen LogP contribution is 2.45. The summed E-state index contributed by atoms with van der Waals surface area (Å²) in [5.74, 6) is 0.865. The van der Waals surface area contributed by atoms with E-state index in [0.29, 0.717) is 30.1 Å². The van der Waals surface area contributed by atoms with Gasteiger partial charge in [0.1, 0.15) is 29.2 Å². The van der Waals surface area contributed by atoms with Crippen LogP contribution in [0.3, 0.4) is 0 Å². The highest BCUT2D eigenvalue weighted by atomic mass is 19.1. The first kappa shape index (κ1) is 24.2. The summed E-state index contributed by atoms with van der Waals surface area (Å²) >= 11 is 0. The second-order valence-corrected chi connectivity index (χ2v) is 10.3. The molecule has 1 N–H and O–H groups in total. The van der Waals surface area contributed by atoms with Gasteiger partial charge < -0.3 is 19.1 Å². The molecule has 4 aromatic rings. The second-order valence-electron chi connectivity index (χ2n) is 10.3. The van der Waals surface area contributed by atoms with Gasteiger partial charge in [-0.05, 0) is 78.8 Å². The van der Waals surface area contributed by atoms with Crippen molar-refractivity contribution in [1.29, 1.82) is 0 Å². The van der Waals surface area contributed by atoms with Gasteiger partial charge in [0.05, 0.1) is 13.0 Å². The molecule has 2 aliphatic rings. The molecule has 1 aliphatic carbocycles. The fraction of sp³-hybridized carbons (Fsp3) is 0.290. The molecule has 0 radical (unpaired) electrons. The molecule has 194 valence electrons. The number of aliphatic carboxylic acids is 1. The van der Waals surface area contributed by atoms with Crippen LogP contribution in [0, 0.1) is 19.7 Å². The minimum absolute atomic E-state index is 0.0265. The van der Waals surface area contributed by atoms with Crippen molar-refractivity contribution in [2.45, 2.75) is 45.1 Å². The summed E-state index contributed by atoms with van der Waals surface area (Å²) in [7, 11) is 1.98. The number of carboxylic acid groups (broad SMARTS) is 1. The van der Waals surface area contributed by atoms with Crippen LogP contribution in [-0.4, -0.2) is 27.2 Å². The molecule has 1 aromatic heterocycles. The number of ether oxygens (including phenoxy) is 2. The number of aromatic nitrogens is 2. The first-order valence-corrected chi connectivity index (χ1v) is 12.9. The van der Waals surface area contributed by atoms with Crippen molar-refractivity contribution < 1.29 is 23.8 Å². The summed E-state index contributed by atoms with van der Waals surface area (Å²) < 4.78 is 29.3. The highest BCUT2D eigenvalue weighted by Gasteiger charge is 2.32. The van der Waals surface area contributed by atoms with Crippen LogP contribution in [-0.2, 0) is 18.3 Å². The number of fused-ring (bicyclic) bond motifs is 2. The first-order chi connectivity index (χ1) is 18.3. The van der Waals surface area contributed by atoms with E-state index in [9.17, 15) is 4.79 Å². The number of carbonyl (C=O) groups is 1. The quantitative estimate of drug-likeness (QED) is 0.318. The Morgan fingerprint density at radius 3 is 2.68 bits per heavy atom. The molecule has 0 spiro atoms. The molecular weight excluding hydrogens is 483 g/mol. The van der Waals surface area contributed by atoms with Crippen molar-refractivity contribution >= 4 is 5.97 Å². The lowest BCUT2D eigenvalue weighted by atomic mass is 9.89. The third-order valence-corrected chi connectivity index (χ3v) is 7.73. The molecule has 2 heterocycles. The van der Waals surface area contributed by atoms with E-state index in [2.05, 4.69) is 31.0 Å². The van der Waals surface area contributed by atoms with Crippen molar-refractivity contribution in [3.63, 3.8) is 0 Å². The third-order valence-electron chi connectivity index (χ3n) is 7.73. The topological polar surface area (TPSA) is 73.6 Å². The van der Waals surface area contributed by atoms with Crippen LogP contribution in [0.5, 0.6) is 11.5 Å². The molecule has 0 amide bonds. The first-order valence-electron chi connectivity index (χ1n) is 12.9. The van der Waals surface area contributed by atoms with Gasteiger partial charge in [-0.2, -0.15) is 0 Å². The van der Waals surface area contributed by atoms with Crippen molar-refractivity contribution in [3.05, 3.63) is 88.5 Å². The Morgan fingerprint density at radius 2 is 1.97 bits per heavy atom. The van der Waals surface area contributed by atoms with Crippen LogP contribution in [0.2, 0.25) is 0 Å². The van der Waals surface area contributed by atoms with Crippen LogP contribution < -0.4 is 9.47 Å². The summed E-state index contributed by atoms with van der Waals surface area (Å²) in [4.78, 5) is 15.6. The molecule has 0 bridgehead atoms. The van der Waals surface area contributed by atoms with Crippen molar-refractivity contribution in [3.8, 4) is 34.0 Å². The number of benzene rings is 3. The van der Waals surface area contributed by atoms with Gasteiger partial charge in [0.15, 0.2) is 0 Å². The van der Waals surface area contributed by atoms with Crippen molar-refractivity contribution in [2.75, 3.05) is 6.61 Å². The minimum Gasteiger partial charge on any atom is -0.492 e. The predicted octanol–water partition coefficient (Wildman–Crippen LogP) is 6.53. The Kier molecular flexibility index (Phi) is 5.94. The SMILES string of the molecule is Cc1cc(-c2nccn2C)cc(C)c1-c1ccc(F)c2c1CCC2Oc1ccc2c(c1)OCC2CC(=O)O. The van der Waals surface area contributed by atoms with Crippen LogP contribution in [0.15, 0.2) is 54.9 Å². The number of nitrogens with zero attached hydrogens (tertiary/aromatic N) is 2. The fourth-order valence-corrected chi connectivity index (χ4v) is 6.06. The van der Waals surface area contributed by atoms with Crippen molar-refractivity contribution in [1.82, 2.24) is 9.55 Å². The summed E-state index contributed by atoms with van der Waals surface area (Å²) in [5, 5.41) is 9.15. The molecule has 38 heavy (non-hydrogen) atoms. The molecule has 2 unspecified atom stereocenters. The van der Waals surface area contributed by atoms with Crippen molar-refractivity contribution in [2.24, 2.45) is 7.05 Å². The third kappa shape index (κ3) is 4.12. The Labute approximate surface area is 220 Å². The van der Waals surface area contributed by atoms with Gasteiger partial charge in [-0.15, -0.1) is 0 Å². The fourth-order valence-electron chi connectivity index (χ4n) is 6.06. The number of imidazole rings is 1. The average molecular weight is 513 g/mol. The van der Waals surface area contributed by atoms with E-state index < -0.39 is 12.1 Å². The summed E-state index contributed by atoms with van der Waals surface area (Å²) in [6.45, 7) is 4.53. The molecule has 0 saturated heterocycles. The number of rotatable bonds is 6. The molecule has 7 heteroatoms. The zero-order valence-corrected chi connectivity index (χ0v) is 21.6. The number of carboxylic acids is 1. The van der Waals surface area contributed by atoms with E-state index in [1.165, 1.54) is 0 Å². The molecule has 6 rings (SSSR count). The maximum absolute atomic E-state index is 15.3. The summed E-state index contributed by atoms with van der Waals surface area (Å²) in [6, 6.07) is 13.2. The average Bonchev–Trinajstić information content (AvgIpc) is 3.59. The Balaban J connectivity index is 1.31. The van der Waals surface area contributed by atoms with Gasteiger partial charge in [0.25, 0.3) is 0 Å². The smallest absolute Gasteiger partial charge is 0.304 e. The van der Waals surface area contributed by atoms with Gasteiger partial charge >= 0.3 is 5.97 Å². The minimum atomic E-state index is -0.850. The zero-order valence-electron chi connectivity index (χ0n) is 21.6. The van der Waals surface area contributed by atoms with E-state index in [1.807, 2.05) is 36.0 Å². The molecule has 2 atom stereocenters. The second kappa shape index (κ2) is 9.31. The molecular formula is C31H29FN2O4. The number of hydrogen-bond acceptors (Lipinski definition) is 4. The lowest BCUT2D eigenvalue weighted by molar-refractivity contribution is -0.137. The monoisotopic (exact) mass is 512 g/mol. The summed E-state index contributed by atoms with van der Waals surface area (Å²) in [6.07, 6.45) is 4.73. The molecule has 3 aromatic carbocycles. The summed E-state index contributed by atoms with van der Waals surface area (Å²) in [5.41, 5.74) is 7.93. The lowest BCUT2D eigenvalue weighted by Gasteiger charge is -2.19. The largest absolute Gasteiger partial charge is 0.492 e. The van der Waals surface area contributed by atoms with Crippen LogP contribution >= 0.6 is 0 Å². The van der Waals surface area contributed by atoms with E-state index >= 15 is 4.39 Å². The van der Waals surface area contributed by atoms with Gasteiger partial charge in [-0.1, -0.05) is 12.1 Å². The molecule has 0 fully saturated rings. The molecule has 0 saturated carbocycles. The van der Waals surface area contributed by atoms with Crippen LogP contribution in [0.25, 0.3) is 22.5 Å². The number of hydrogen-bond donors (Lipinski definition) is 1. The Morgan fingerprint density at radius 1 is 1.18 bits per heavy atom. The molecule has 1 aliphatic heterocycles. The van der Waals surface area contributed by atoms with Crippen LogP contribution in [0.1, 0.15) is 52.7 Å². The van der Waals surface area contributed by atoms with E-state index in [-0.39, 0.29) is 18.2 Å². The van der Waals surface area contributed by atoms with Crippen LogP contribution in [0.4, 0.5) is 4.39 Å². The Bertz CT molecular complexity index is 1550. The number of halogens is 1. The van der Waals surface area contributed by atoms with Gasteiger partial charge in [-0.3, -0.25) is 4.79 Å². The zero-order chi connectivity index (χ0) is 26.6. The van der Waals surface area contributed by atoms with E-state index in [1.54, 1.807) is 18.3 Å². The molecule has 6 nitrogen and oxygen atoms in total. The van der Waals surface area contributed by atoms with E-state index in [4.69, 9.17) is 14.6 Å². The maximum atomic E-state index is 15.3. The van der Waals surface area contributed by atoms with Gasteiger partial charge in [-0.25, -0.2) is 9.37 Å². The van der Waals surface area contributed by atoms with Gasteiger partial charge in [0.2, 0.25) is 0 Å².